The van der Waals surface area contributed by atoms with Gasteiger partial charge in [-0.1, -0.05) is 19.9 Å². The van der Waals surface area contributed by atoms with Crippen LogP contribution in [0, 0.1) is 5.92 Å². The molecule has 1 aliphatic rings. The maximum absolute atomic E-state index is 13.2. The fraction of sp³-hybridized carbons (Fsp3) is 0.522. The van der Waals surface area contributed by atoms with Crippen molar-refractivity contribution >= 4 is 17.8 Å². The molecule has 0 N–H and O–H groups in total. The minimum atomic E-state index is -0.308. The first kappa shape index (κ1) is 23.4. The molecule has 0 saturated carbocycles. The Labute approximate surface area is 188 Å². The minimum Gasteiger partial charge on any atom is -0.466 e. The zero-order chi connectivity index (χ0) is 23.3. The lowest BCUT2D eigenvalue weighted by molar-refractivity contribution is -0.151. The molecule has 2 amide bonds. The largest absolute Gasteiger partial charge is 0.466 e. The van der Waals surface area contributed by atoms with Crippen LogP contribution >= 0.6 is 0 Å². The summed E-state index contributed by atoms with van der Waals surface area (Å²) in [5.41, 5.74) is 1.19. The first-order valence-electron chi connectivity index (χ1n) is 11.0. The van der Waals surface area contributed by atoms with E-state index in [0.717, 1.165) is 12.1 Å². The predicted molar refractivity (Wildman–Crippen MR) is 118 cm³/mol. The van der Waals surface area contributed by atoms with E-state index in [0.29, 0.717) is 37.5 Å². The first-order chi connectivity index (χ1) is 15.3. The Bertz CT molecular complexity index is 957. The fourth-order valence-corrected chi connectivity index (χ4v) is 3.98. The highest BCUT2D eigenvalue weighted by Crippen LogP contribution is 2.24. The molecular formula is C23H31N5O4. The van der Waals surface area contributed by atoms with Gasteiger partial charge < -0.3 is 14.5 Å². The number of piperidine rings is 1. The smallest absolute Gasteiger partial charge is 0.310 e. The maximum atomic E-state index is 13.2. The average Bonchev–Trinajstić information content (AvgIpc) is 3.25. The summed E-state index contributed by atoms with van der Waals surface area (Å²) in [5, 5.41) is 4.39. The number of aromatic nitrogens is 3. The molecule has 9 heteroatoms. The van der Waals surface area contributed by atoms with Gasteiger partial charge in [-0.2, -0.15) is 5.10 Å². The number of likely N-dealkylation sites (N-methyl/N-ethyl adjacent to an activating group) is 1. The van der Waals surface area contributed by atoms with Gasteiger partial charge in [-0.15, -0.1) is 0 Å². The van der Waals surface area contributed by atoms with Crippen LogP contribution in [0.2, 0.25) is 0 Å². The Morgan fingerprint density at radius 2 is 2.06 bits per heavy atom. The zero-order valence-electron chi connectivity index (χ0n) is 19.2. The van der Waals surface area contributed by atoms with E-state index in [1.807, 2.05) is 32.0 Å². The van der Waals surface area contributed by atoms with E-state index in [-0.39, 0.29) is 36.2 Å². The molecule has 0 aliphatic carbocycles. The third-order valence-corrected chi connectivity index (χ3v) is 5.56. The molecule has 0 aromatic carbocycles. The van der Waals surface area contributed by atoms with E-state index in [1.54, 1.807) is 29.7 Å². The SMILES string of the molecule is CCOC(=O)C1CCCN(C(=O)CN(C)C(=O)c2cnn(-c3ccccn3)c2C(C)C)C1. The van der Waals surface area contributed by atoms with Crippen LogP contribution in [0.3, 0.4) is 0 Å². The van der Waals surface area contributed by atoms with Gasteiger partial charge in [0.05, 0.1) is 36.5 Å². The van der Waals surface area contributed by atoms with Gasteiger partial charge in [0.1, 0.15) is 0 Å². The van der Waals surface area contributed by atoms with E-state index in [2.05, 4.69) is 10.1 Å². The second kappa shape index (κ2) is 10.4. The third-order valence-electron chi connectivity index (χ3n) is 5.56. The summed E-state index contributed by atoms with van der Waals surface area (Å²) in [6.45, 7) is 6.90. The van der Waals surface area contributed by atoms with Crippen LogP contribution < -0.4 is 0 Å². The third kappa shape index (κ3) is 5.15. The topological polar surface area (TPSA) is 97.6 Å². The normalized spacial score (nSPS) is 16.2. The van der Waals surface area contributed by atoms with Crippen molar-refractivity contribution in [2.45, 2.75) is 39.5 Å². The molecule has 0 spiro atoms. The van der Waals surface area contributed by atoms with Crippen LogP contribution in [0.25, 0.3) is 5.82 Å². The Balaban J connectivity index is 1.71. The van der Waals surface area contributed by atoms with E-state index in [9.17, 15) is 14.4 Å². The van der Waals surface area contributed by atoms with Crippen molar-refractivity contribution in [3.63, 3.8) is 0 Å². The van der Waals surface area contributed by atoms with Crippen LogP contribution in [-0.2, 0) is 14.3 Å². The Kier molecular flexibility index (Phi) is 7.61. The summed E-state index contributed by atoms with van der Waals surface area (Å²) >= 11 is 0. The summed E-state index contributed by atoms with van der Waals surface area (Å²) in [5.74, 6) is -0.376. The van der Waals surface area contributed by atoms with Gasteiger partial charge in [-0.3, -0.25) is 14.4 Å². The van der Waals surface area contributed by atoms with Crippen molar-refractivity contribution in [3.05, 3.63) is 41.9 Å². The lowest BCUT2D eigenvalue weighted by atomic mass is 9.98. The van der Waals surface area contributed by atoms with Crippen molar-refractivity contribution in [1.29, 1.82) is 0 Å². The maximum Gasteiger partial charge on any atom is 0.310 e. The van der Waals surface area contributed by atoms with Crippen LogP contribution in [0.4, 0.5) is 0 Å². The number of amides is 2. The second-order valence-corrected chi connectivity index (χ2v) is 8.29. The average molecular weight is 442 g/mol. The summed E-state index contributed by atoms with van der Waals surface area (Å²) in [7, 11) is 1.61. The number of pyridine rings is 1. The quantitative estimate of drug-likeness (QED) is 0.612. The van der Waals surface area contributed by atoms with Crippen LogP contribution in [0.5, 0.6) is 0 Å². The number of nitrogens with zero attached hydrogens (tertiary/aromatic N) is 5. The Hall–Kier alpha value is -3.23. The molecule has 3 heterocycles. The lowest BCUT2D eigenvalue weighted by Crippen LogP contribution is -2.47. The van der Waals surface area contributed by atoms with E-state index >= 15 is 0 Å². The number of hydrogen-bond acceptors (Lipinski definition) is 6. The number of likely N-dealkylation sites (tertiary alicyclic amines) is 1. The monoisotopic (exact) mass is 441 g/mol. The van der Waals surface area contributed by atoms with Crippen molar-refractivity contribution in [3.8, 4) is 5.82 Å². The molecule has 2 aromatic heterocycles. The van der Waals surface area contributed by atoms with Gasteiger partial charge in [-0.05, 0) is 37.8 Å². The number of rotatable bonds is 7. The summed E-state index contributed by atoms with van der Waals surface area (Å²) in [6, 6.07) is 5.51. The highest BCUT2D eigenvalue weighted by Gasteiger charge is 2.31. The zero-order valence-corrected chi connectivity index (χ0v) is 19.2. The van der Waals surface area contributed by atoms with E-state index in [4.69, 9.17) is 4.74 Å². The first-order valence-corrected chi connectivity index (χ1v) is 11.0. The molecule has 3 rings (SSSR count). The van der Waals surface area contributed by atoms with Crippen LogP contribution in [-0.4, -0.2) is 75.6 Å². The molecule has 2 aromatic rings. The number of carbonyl (C=O) groups excluding carboxylic acids is 3. The molecule has 1 atom stereocenters. The molecule has 9 nitrogen and oxygen atoms in total. The van der Waals surface area contributed by atoms with Crippen molar-refractivity contribution in [1.82, 2.24) is 24.6 Å². The minimum absolute atomic E-state index is 0.0231. The van der Waals surface area contributed by atoms with Crippen molar-refractivity contribution in [2.24, 2.45) is 5.92 Å². The molecular weight excluding hydrogens is 410 g/mol. The number of hydrogen-bond donors (Lipinski definition) is 0. The molecule has 1 unspecified atom stereocenters. The van der Waals surface area contributed by atoms with Gasteiger partial charge in [0.15, 0.2) is 5.82 Å². The van der Waals surface area contributed by atoms with Gasteiger partial charge in [-0.25, -0.2) is 9.67 Å². The van der Waals surface area contributed by atoms with Gasteiger partial charge in [0, 0.05) is 26.3 Å². The summed E-state index contributed by atoms with van der Waals surface area (Å²) < 4.78 is 6.77. The predicted octanol–water partition coefficient (Wildman–Crippen LogP) is 2.26. The lowest BCUT2D eigenvalue weighted by Gasteiger charge is -2.32. The van der Waals surface area contributed by atoms with Crippen LogP contribution in [0.1, 0.15) is 55.6 Å². The summed E-state index contributed by atoms with van der Waals surface area (Å²) in [4.78, 5) is 45.5. The van der Waals surface area contributed by atoms with E-state index < -0.39 is 0 Å². The molecule has 1 saturated heterocycles. The van der Waals surface area contributed by atoms with Crippen LogP contribution in [0.15, 0.2) is 30.6 Å². The summed E-state index contributed by atoms with van der Waals surface area (Å²) in [6.07, 6.45) is 4.66. The standard InChI is InChI=1S/C23H31N5O4/c1-5-32-23(31)17-9-8-12-27(14-17)20(29)15-26(4)22(30)18-13-25-28(21(18)16(2)3)19-10-6-7-11-24-19/h6-7,10-11,13,16-17H,5,8-9,12,14-15H2,1-4H3. The van der Waals surface area contributed by atoms with E-state index in [1.165, 1.54) is 11.1 Å². The molecule has 0 radical (unpaired) electrons. The highest BCUT2D eigenvalue weighted by molar-refractivity contribution is 5.97. The van der Waals surface area contributed by atoms with Crippen molar-refractivity contribution in [2.75, 3.05) is 33.3 Å². The molecule has 32 heavy (non-hydrogen) atoms. The number of carbonyl (C=O) groups is 3. The Morgan fingerprint density at radius 1 is 1.28 bits per heavy atom. The number of ether oxygens (including phenoxy) is 1. The Morgan fingerprint density at radius 3 is 2.72 bits per heavy atom. The number of esters is 1. The molecule has 1 fully saturated rings. The van der Waals surface area contributed by atoms with Gasteiger partial charge in [0.2, 0.25) is 5.91 Å². The molecule has 172 valence electrons. The molecule has 0 bridgehead atoms. The van der Waals surface area contributed by atoms with Gasteiger partial charge in [0.25, 0.3) is 5.91 Å². The fourth-order valence-electron chi connectivity index (χ4n) is 3.98. The highest BCUT2D eigenvalue weighted by atomic mass is 16.5. The molecule has 1 aliphatic heterocycles. The second-order valence-electron chi connectivity index (χ2n) is 8.29. The van der Waals surface area contributed by atoms with Crippen molar-refractivity contribution < 1.29 is 19.1 Å². The van der Waals surface area contributed by atoms with Gasteiger partial charge >= 0.3 is 5.97 Å².